The van der Waals surface area contributed by atoms with Crippen LogP contribution in [0.4, 0.5) is 5.82 Å². The number of aromatic nitrogens is 2. The van der Waals surface area contributed by atoms with E-state index in [4.69, 9.17) is 23.2 Å². The van der Waals surface area contributed by atoms with Crippen LogP contribution in [0.25, 0.3) is 0 Å². The average molecular weight is 310 g/mol. The molecule has 4 nitrogen and oxygen atoms in total. The van der Waals surface area contributed by atoms with Crippen molar-refractivity contribution in [1.82, 2.24) is 9.97 Å². The number of pyridine rings is 2. The van der Waals surface area contributed by atoms with Crippen LogP contribution in [0.2, 0.25) is 10.2 Å². The molecule has 0 atom stereocenters. The molecule has 0 aromatic carbocycles. The van der Waals surface area contributed by atoms with Crippen LogP contribution in [0.1, 0.15) is 29.4 Å². The molecule has 2 aromatic rings. The highest BCUT2D eigenvalue weighted by Crippen LogP contribution is 2.16. The Bertz CT molecular complexity index is 632. The molecule has 2 heterocycles. The predicted octanol–water partition coefficient (Wildman–Crippen LogP) is 3.99. The molecule has 2 aromatic heterocycles. The van der Waals surface area contributed by atoms with Gasteiger partial charge < -0.3 is 5.32 Å². The molecule has 0 aliphatic heterocycles. The van der Waals surface area contributed by atoms with Gasteiger partial charge in [-0.2, -0.15) is 0 Å². The lowest BCUT2D eigenvalue weighted by molar-refractivity contribution is 0.102. The van der Waals surface area contributed by atoms with Crippen molar-refractivity contribution in [2.24, 2.45) is 0 Å². The van der Waals surface area contributed by atoms with Crippen LogP contribution in [0, 0.1) is 0 Å². The van der Waals surface area contributed by atoms with E-state index in [2.05, 4.69) is 15.3 Å². The van der Waals surface area contributed by atoms with Crippen molar-refractivity contribution < 1.29 is 4.79 Å². The first-order valence-electron chi connectivity index (χ1n) is 6.18. The summed E-state index contributed by atoms with van der Waals surface area (Å²) in [4.78, 5) is 20.4. The zero-order chi connectivity index (χ0) is 14.5. The van der Waals surface area contributed by atoms with Gasteiger partial charge in [0.2, 0.25) is 0 Å². The smallest absolute Gasteiger partial charge is 0.256 e. The van der Waals surface area contributed by atoms with E-state index in [1.54, 1.807) is 18.2 Å². The molecule has 6 heteroatoms. The second kappa shape index (κ2) is 6.68. The highest BCUT2D eigenvalue weighted by atomic mass is 35.5. The summed E-state index contributed by atoms with van der Waals surface area (Å²) in [6, 6.07) is 6.48. The van der Waals surface area contributed by atoms with Crippen LogP contribution >= 0.6 is 23.2 Å². The van der Waals surface area contributed by atoms with Gasteiger partial charge in [0.05, 0.1) is 0 Å². The monoisotopic (exact) mass is 309 g/mol. The van der Waals surface area contributed by atoms with Gasteiger partial charge in [0.1, 0.15) is 11.0 Å². The summed E-state index contributed by atoms with van der Waals surface area (Å²) in [6.45, 7) is 2.04. The topological polar surface area (TPSA) is 54.9 Å². The van der Waals surface area contributed by atoms with Crippen LogP contribution in [0.15, 0.2) is 30.5 Å². The molecule has 104 valence electrons. The maximum absolute atomic E-state index is 12.2. The van der Waals surface area contributed by atoms with E-state index in [1.165, 1.54) is 12.3 Å². The summed E-state index contributed by atoms with van der Waals surface area (Å²) in [7, 11) is 0. The van der Waals surface area contributed by atoms with Gasteiger partial charge in [0.25, 0.3) is 5.91 Å². The van der Waals surface area contributed by atoms with Gasteiger partial charge in [0, 0.05) is 22.5 Å². The van der Waals surface area contributed by atoms with Gasteiger partial charge in [-0.05, 0) is 30.7 Å². The fourth-order valence-electron chi connectivity index (χ4n) is 1.73. The van der Waals surface area contributed by atoms with E-state index in [0.717, 1.165) is 18.5 Å². The number of rotatable bonds is 4. The molecule has 0 spiro atoms. The fraction of sp³-hybridized carbons (Fsp3) is 0.214. The SMILES string of the molecule is CCCc1cc(C(=O)Nc2cc(Cl)ccn2)cc(Cl)n1. The molecule has 0 radical (unpaired) electrons. The molecule has 0 aliphatic carbocycles. The minimum absolute atomic E-state index is 0.290. The normalized spacial score (nSPS) is 10.3. The summed E-state index contributed by atoms with van der Waals surface area (Å²) in [5, 5.41) is 3.49. The van der Waals surface area contributed by atoms with E-state index >= 15 is 0 Å². The van der Waals surface area contributed by atoms with Crippen molar-refractivity contribution in [2.75, 3.05) is 5.32 Å². The van der Waals surface area contributed by atoms with Crippen molar-refractivity contribution >= 4 is 34.9 Å². The fourth-order valence-corrected chi connectivity index (χ4v) is 2.11. The van der Waals surface area contributed by atoms with Crippen molar-refractivity contribution in [3.05, 3.63) is 51.9 Å². The summed E-state index contributed by atoms with van der Waals surface area (Å²) in [6.07, 6.45) is 3.24. The van der Waals surface area contributed by atoms with Gasteiger partial charge in [-0.1, -0.05) is 36.5 Å². The number of nitrogens with zero attached hydrogens (tertiary/aromatic N) is 2. The zero-order valence-corrected chi connectivity index (χ0v) is 12.4. The Morgan fingerprint density at radius 3 is 2.80 bits per heavy atom. The molecule has 0 aliphatic rings. The summed E-state index contributed by atoms with van der Waals surface area (Å²) in [5.74, 6) is 0.105. The van der Waals surface area contributed by atoms with Gasteiger partial charge in [-0.3, -0.25) is 4.79 Å². The number of nitrogens with one attached hydrogen (secondary N) is 1. The lowest BCUT2D eigenvalue weighted by Gasteiger charge is -2.07. The molecule has 20 heavy (non-hydrogen) atoms. The average Bonchev–Trinajstić information content (AvgIpc) is 2.38. The minimum Gasteiger partial charge on any atom is -0.307 e. The number of anilines is 1. The first kappa shape index (κ1) is 14.8. The van der Waals surface area contributed by atoms with Gasteiger partial charge in [-0.15, -0.1) is 0 Å². The van der Waals surface area contributed by atoms with Crippen molar-refractivity contribution in [2.45, 2.75) is 19.8 Å². The van der Waals surface area contributed by atoms with Crippen molar-refractivity contribution in [3.8, 4) is 0 Å². The van der Waals surface area contributed by atoms with Crippen LogP contribution in [-0.2, 0) is 6.42 Å². The summed E-state index contributed by atoms with van der Waals surface area (Å²) >= 11 is 11.8. The standard InChI is InChI=1S/C14H13Cl2N3O/c1-2-3-11-6-9(7-12(16)18-11)14(20)19-13-8-10(15)4-5-17-13/h4-8H,2-3H2,1H3,(H,17,19,20). The van der Waals surface area contributed by atoms with Crippen molar-refractivity contribution in [1.29, 1.82) is 0 Å². The molecule has 0 bridgehead atoms. The number of hydrogen-bond donors (Lipinski definition) is 1. The van der Waals surface area contributed by atoms with E-state index < -0.39 is 0 Å². The number of amides is 1. The Balaban J connectivity index is 2.20. The molecule has 0 saturated heterocycles. The van der Waals surface area contributed by atoms with Gasteiger partial charge >= 0.3 is 0 Å². The first-order valence-corrected chi connectivity index (χ1v) is 6.93. The Morgan fingerprint density at radius 1 is 1.30 bits per heavy atom. The van der Waals surface area contributed by atoms with Crippen LogP contribution in [0.3, 0.4) is 0 Å². The van der Waals surface area contributed by atoms with Crippen LogP contribution < -0.4 is 5.32 Å². The molecular formula is C14H13Cl2N3O. The lowest BCUT2D eigenvalue weighted by atomic mass is 10.1. The maximum atomic E-state index is 12.2. The van der Waals surface area contributed by atoms with E-state index in [9.17, 15) is 4.79 Å². The third-order valence-corrected chi connectivity index (χ3v) is 3.01. The molecule has 0 unspecified atom stereocenters. The molecule has 0 saturated carbocycles. The Morgan fingerprint density at radius 2 is 2.10 bits per heavy atom. The molecular weight excluding hydrogens is 297 g/mol. The first-order chi connectivity index (χ1) is 9.58. The lowest BCUT2D eigenvalue weighted by Crippen LogP contribution is -2.13. The number of carbonyl (C=O) groups is 1. The number of hydrogen-bond acceptors (Lipinski definition) is 3. The zero-order valence-electron chi connectivity index (χ0n) is 10.9. The minimum atomic E-state index is -0.290. The second-order valence-electron chi connectivity index (χ2n) is 4.23. The maximum Gasteiger partial charge on any atom is 0.256 e. The highest BCUT2D eigenvalue weighted by molar-refractivity contribution is 6.31. The Hall–Kier alpha value is -1.65. The third-order valence-electron chi connectivity index (χ3n) is 2.58. The summed E-state index contributed by atoms with van der Waals surface area (Å²) < 4.78 is 0. The van der Waals surface area contributed by atoms with E-state index in [0.29, 0.717) is 21.6 Å². The molecule has 0 fully saturated rings. The molecule has 2 rings (SSSR count). The van der Waals surface area contributed by atoms with Crippen molar-refractivity contribution in [3.63, 3.8) is 0 Å². The quantitative estimate of drug-likeness (QED) is 0.869. The van der Waals surface area contributed by atoms with Gasteiger partial charge in [-0.25, -0.2) is 9.97 Å². The predicted molar refractivity (Wildman–Crippen MR) is 80.4 cm³/mol. The number of aryl methyl sites for hydroxylation is 1. The Kier molecular flexibility index (Phi) is 4.93. The Labute approximate surface area is 127 Å². The molecule has 1 amide bonds. The number of halogens is 2. The van der Waals surface area contributed by atoms with E-state index in [1.807, 2.05) is 6.92 Å². The van der Waals surface area contributed by atoms with Crippen LogP contribution in [-0.4, -0.2) is 15.9 Å². The second-order valence-corrected chi connectivity index (χ2v) is 5.06. The highest BCUT2D eigenvalue weighted by Gasteiger charge is 2.10. The number of carbonyl (C=O) groups excluding carboxylic acids is 1. The van der Waals surface area contributed by atoms with Crippen LogP contribution in [0.5, 0.6) is 0 Å². The summed E-state index contributed by atoms with van der Waals surface area (Å²) in [5.41, 5.74) is 1.25. The molecule has 1 N–H and O–H groups in total. The van der Waals surface area contributed by atoms with E-state index in [-0.39, 0.29) is 5.91 Å². The third kappa shape index (κ3) is 3.92. The largest absolute Gasteiger partial charge is 0.307 e. The van der Waals surface area contributed by atoms with Gasteiger partial charge in [0.15, 0.2) is 0 Å².